The summed E-state index contributed by atoms with van der Waals surface area (Å²) in [5.41, 5.74) is 5.58. The van der Waals surface area contributed by atoms with E-state index in [1.165, 1.54) is 11.3 Å². The van der Waals surface area contributed by atoms with Crippen LogP contribution in [-0.2, 0) is 11.2 Å². The number of hydrogen-bond donors (Lipinski definition) is 3. The molecule has 1 rings (SSSR count). The predicted molar refractivity (Wildman–Crippen MR) is 51.7 cm³/mol. The Bertz CT molecular complexity index is 325. The second kappa shape index (κ2) is 4.78. The molecule has 0 unspecified atom stereocenters. The normalized spacial score (nSPS) is 8.92. The molecule has 0 aliphatic heterocycles. The van der Waals surface area contributed by atoms with Crippen LogP contribution in [0.5, 0.6) is 0 Å². The lowest BCUT2D eigenvalue weighted by molar-refractivity contribution is -0.136. The van der Waals surface area contributed by atoms with Crippen molar-refractivity contribution in [2.24, 2.45) is 5.73 Å². The molecule has 0 spiro atoms. The van der Waals surface area contributed by atoms with Crippen molar-refractivity contribution in [2.45, 2.75) is 6.42 Å². The maximum atomic E-state index is 10.2. The maximum Gasteiger partial charge on any atom is 0.309 e. The van der Waals surface area contributed by atoms with Crippen LogP contribution in [0.1, 0.15) is 10.7 Å². The molecule has 13 heavy (non-hydrogen) atoms. The first-order chi connectivity index (χ1) is 5.59. The van der Waals surface area contributed by atoms with Crippen LogP contribution in [0.2, 0.25) is 0 Å². The van der Waals surface area contributed by atoms with E-state index in [0.29, 0.717) is 10.7 Å². The summed E-state index contributed by atoms with van der Waals surface area (Å²) in [5.74, 6) is -1.06. The minimum absolute atomic E-state index is 0. The number of aromatic nitrogens is 1. The van der Waals surface area contributed by atoms with Gasteiger partial charge in [-0.25, -0.2) is 4.98 Å². The lowest BCUT2D eigenvalue weighted by Crippen LogP contribution is -2.11. The van der Waals surface area contributed by atoms with E-state index >= 15 is 0 Å². The lowest BCUT2D eigenvalue weighted by atomic mass is 10.3. The minimum Gasteiger partial charge on any atom is -0.481 e. The van der Waals surface area contributed by atoms with Gasteiger partial charge in [-0.2, -0.15) is 0 Å². The summed E-state index contributed by atoms with van der Waals surface area (Å²) < 4.78 is 0. The number of aliphatic carboxylic acids is 1. The first-order valence-corrected chi connectivity index (χ1v) is 3.98. The number of carboxylic acids is 1. The topological polar surface area (TPSA) is 100 Å². The Morgan fingerprint density at radius 2 is 2.38 bits per heavy atom. The molecule has 0 fully saturated rings. The van der Waals surface area contributed by atoms with E-state index < -0.39 is 5.97 Å². The van der Waals surface area contributed by atoms with Gasteiger partial charge >= 0.3 is 5.97 Å². The second-order valence-electron chi connectivity index (χ2n) is 2.13. The van der Waals surface area contributed by atoms with E-state index in [-0.39, 0.29) is 24.7 Å². The van der Waals surface area contributed by atoms with Gasteiger partial charge in [0.2, 0.25) is 0 Å². The van der Waals surface area contributed by atoms with Crippen molar-refractivity contribution in [3.63, 3.8) is 0 Å². The fraction of sp³-hybridized carbons (Fsp3) is 0.167. The number of carboxylic acid groups (broad SMARTS) is 1. The van der Waals surface area contributed by atoms with Gasteiger partial charge in [0, 0.05) is 5.38 Å². The number of carbonyl (C=O) groups is 1. The zero-order valence-corrected chi connectivity index (χ0v) is 8.11. The Morgan fingerprint density at radius 1 is 1.77 bits per heavy atom. The molecular formula is C6H8ClN3O2S. The number of hydrogen-bond acceptors (Lipinski definition) is 4. The second-order valence-corrected chi connectivity index (χ2v) is 2.99. The van der Waals surface area contributed by atoms with Crippen LogP contribution in [-0.4, -0.2) is 21.9 Å². The molecule has 0 radical (unpaired) electrons. The summed E-state index contributed by atoms with van der Waals surface area (Å²) in [4.78, 5) is 14.1. The predicted octanol–water partition coefficient (Wildman–Crippen LogP) is 0.476. The number of amidine groups is 1. The summed E-state index contributed by atoms with van der Waals surface area (Å²) in [7, 11) is 0. The fourth-order valence-corrected chi connectivity index (χ4v) is 1.35. The first-order valence-electron chi connectivity index (χ1n) is 3.10. The minimum atomic E-state index is -0.935. The van der Waals surface area contributed by atoms with Gasteiger partial charge in [-0.3, -0.25) is 10.2 Å². The number of thiazole rings is 1. The van der Waals surface area contributed by atoms with E-state index in [4.69, 9.17) is 16.2 Å². The van der Waals surface area contributed by atoms with Crippen LogP contribution < -0.4 is 5.73 Å². The number of nitrogens with two attached hydrogens (primary N) is 1. The highest BCUT2D eigenvalue weighted by molar-refractivity contribution is 7.11. The Labute approximate surface area is 84.5 Å². The summed E-state index contributed by atoms with van der Waals surface area (Å²) in [6.07, 6.45) is -0.121. The first kappa shape index (κ1) is 11.9. The van der Waals surface area contributed by atoms with Crippen molar-refractivity contribution >= 4 is 35.5 Å². The lowest BCUT2D eigenvalue weighted by Gasteiger charge is -1.88. The molecule has 0 aliphatic rings. The molecular weight excluding hydrogens is 214 g/mol. The monoisotopic (exact) mass is 221 g/mol. The van der Waals surface area contributed by atoms with Crippen molar-refractivity contribution in [1.82, 2.24) is 4.98 Å². The molecule has 0 amide bonds. The van der Waals surface area contributed by atoms with E-state index in [1.54, 1.807) is 5.38 Å². The molecule has 0 saturated heterocycles. The van der Waals surface area contributed by atoms with E-state index in [1.807, 2.05) is 0 Å². The Hall–Kier alpha value is -1.14. The Morgan fingerprint density at radius 3 is 2.77 bits per heavy atom. The number of nitrogen functional groups attached to an aromatic ring is 1. The maximum absolute atomic E-state index is 10.2. The third-order valence-electron chi connectivity index (χ3n) is 1.11. The SMILES string of the molecule is Cl.N=C(N)c1nc(CC(=O)O)cs1. The molecule has 4 N–H and O–H groups in total. The van der Waals surface area contributed by atoms with Crippen LogP contribution in [0.25, 0.3) is 0 Å². The quantitative estimate of drug-likeness (QED) is 0.510. The molecule has 7 heteroatoms. The average molecular weight is 222 g/mol. The highest BCUT2D eigenvalue weighted by Gasteiger charge is 2.06. The molecule has 1 heterocycles. The summed E-state index contributed by atoms with van der Waals surface area (Å²) >= 11 is 1.18. The van der Waals surface area contributed by atoms with Crippen molar-refractivity contribution in [3.05, 3.63) is 16.1 Å². The van der Waals surface area contributed by atoms with Crippen molar-refractivity contribution in [2.75, 3.05) is 0 Å². The van der Waals surface area contributed by atoms with E-state index in [0.717, 1.165) is 0 Å². The molecule has 0 atom stereocenters. The largest absolute Gasteiger partial charge is 0.481 e. The van der Waals surface area contributed by atoms with Crippen LogP contribution in [0.3, 0.4) is 0 Å². The Balaban J connectivity index is 0.00000144. The van der Waals surface area contributed by atoms with Gasteiger partial charge in [0.05, 0.1) is 12.1 Å². The van der Waals surface area contributed by atoms with Gasteiger partial charge in [-0.05, 0) is 0 Å². The number of halogens is 1. The number of nitrogens with zero attached hydrogens (tertiary/aromatic N) is 1. The van der Waals surface area contributed by atoms with E-state index in [9.17, 15) is 4.79 Å². The molecule has 1 aromatic rings. The van der Waals surface area contributed by atoms with Crippen LogP contribution >= 0.6 is 23.7 Å². The van der Waals surface area contributed by atoms with Gasteiger partial charge in [0.15, 0.2) is 10.8 Å². The van der Waals surface area contributed by atoms with Crippen LogP contribution in [0, 0.1) is 5.41 Å². The zero-order valence-electron chi connectivity index (χ0n) is 6.48. The Kier molecular flexibility index (Phi) is 4.36. The molecule has 0 aliphatic carbocycles. The summed E-state index contributed by atoms with van der Waals surface area (Å²) in [5, 5.41) is 17.4. The molecule has 72 valence electrons. The van der Waals surface area contributed by atoms with Crippen molar-refractivity contribution in [3.8, 4) is 0 Å². The fourth-order valence-electron chi connectivity index (χ4n) is 0.667. The standard InChI is InChI=1S/C6H7N3O2S.ClH/c7-5(8)6-9-3(2-12-6)1-4(10)11;/h2H,1H2,(H3,7,8)(H,10,11);1H. The highest BCUT2D eigenvalue weighted by atomic mass is 35.5. The molecule has 0 bridgehead atoms. The molecule has 0 aromatic carbocycles. The summed E-state index contributed by atoms with van der Waals surface area (Å²) in [6, 6.07) is 0. The highest BCUT2D eigenvalue weighted by Crippen LogP contribution is 2.08. The summed E-state index contributed by atoms with van der Waals surface area (Å²) in [6.45, 7) is 0. The molecule has 1 aromatic heterocycles. The zero-order chi connectivity index (χ0) is 9.14. The van der Waals surface area contributed by atoms with Crippen molar-refractivity contribution < 1.29 is 9.90 Å². The van der Waals surface area contributed by atoms with Crippen LogP contribution in [0.15, 0.2) is 5.38 Å². The van der Waals surface area contributed by atoms with Gasteiger partial charge in [0.25, 0.3) is 0 Å². The van der Waals surface area contributed by atoms with Crippen LogP contribution in [0.4, 0.5) is 0 Å². The number of rotatable bonds is 3. The smallest absolute Gasteiger partial charge is 0.309 e. The van der Waals surface area contributed by atoms with E-state index in [2.05, 4.69) is 4.98 Å². The van der Waals surface area contributed by atoms with Gasteiger partial charge < -0.3 is 10.8 Å². The molecule has 0 saturated carbocycles. The third-order valence-corrected chi connectivity index (χ3v) is 2.04. The number of nitrogens with one attached hydrogen (secondary N) is 1. The molecule has 5 nitrogen and oxygen atoms in total. The van der Waals surface area contributed by atoms with Gasteiger partial charge in [-0.15, -0.1) is 23.7 Å². The van der Waals surface area contributed by atoms with Gasteiger partial charge in [-0.1, -0.05) is 0 Å². The van der Waals surface area contributed by atoms with Crippen molar-refractivity contribution in [1.29, 1.82) is 5.41 Å². The third kappa shape index (κ3) is 3.39. The van der Waals surface area contributed by atoms with Gasteiger partial charge in [0.1, 0.15) is 0 Å². The average Bonchev–Trinajstić information content (AvgIpc) is 2.34.